The second-order valence-electron chi connectivity index (χ2n) is 3.58. The highest BCUT2D eigenvalue weighted by atomic mass is 79.9. The van der Waals surface area contributed by atoms with E-state index in [2.05, 4.69) is 31.9 Å². The summed E-state index contributed by atoms with van der Waals surface area (Å²) >= 11 is 13.0. The molecule has 0 radical (unpaired) electrons. The quantitative estimate of drug-likeness (QED) is 0.586. The van der Waals surface area contributed by atoms with Crippen LogP contribution in [0.4, 0.5) is 4.39 Å². The third-order valence-corrected chi connectivity index (χ3v) is 4.37. The van der Waals surface area contributed by atoms with Crippen molar-refractivity contribution in [1.29, 1.82) is 0 Å². The number of halogens is 4. The smallest absolute Gasteiger partial charge is 0.123 e. The lowest BCUT2D eigenvalue weighted by Gasteiger charge is -2.13. The van der Waals surface area contributed by atoms with Gasteiger partial charge in [0.2, 0.25) is 0 Å². The molecule has 0 aliphatic heterocycles. The number of hydrogen-bond donors (Lipinski definition) is 0. The molecule has 0 heterocycles. The first-order valence-corrected chi connectivity index (χ1v) is 7.01. The van der Waals surface area contributed by atoms with Gasteiger partial charge in [0.25, 0.3) is 0 Å². The van der Waals surface area contributed by atoms with Crippen LogP contribution in [0.5, 0.6) is 0 Å². The summed E-state index contributed by atoms with van der Waals surface area (Å²) in [7, 11) is 0. The molecule has 1 atom stereocenters. The van der Waals surface area contributed by atoms with Crippen molar-refractivity contribution in [3.05, 3.63) is 68.9 Å². The van der Waals surface area contributed by atoms with Crippen LogP contribution in [-0.2, 0) is 0 Å². The summed E-state index contributed by atoms with van der Waals surface area (Å²) in [5, 5.41) is 0.676. The highest BCUT2D eigenvalue weighted by Crippen LogP contribution is 2.36. The SMILES string of the molecule is Fc1ccc(C(Br)c2cc(Cl)ccc2Br)cc1. The van der Waals surface area contributed by atoms with E-state index in [-0.39, 0.29) is 10.6 Å². The molecule has 2 aromatic rings. The van der Waals surface area contributed by atoms with E-state index >= 15 is 0 Å². The lowest BCUT2D eigenvalue weighted by molar-refractivity contribution is 0.627. The highest BCUT2D eigenvalue weighted by molar-refractivity contribution is 9.11. The maximum atomic E-state index is 12.9. The van der Waals surface area contributed by atoms with Gasteiger partial charge in [0.05, 0.1) is 4.83 Å². The van der Waals surface area contributed by atoms with E-state index in [4.69, 9.17) is 11.6 Å². The van der Waals surface area contributed by atoms with E-state index in [1.54, 1.807) is 12.1 Å². The molecule has 0 bridgehead atoms. The van der Waals surface area contributed by atoms with Crippen molar-refractivity contribution in [3.63, 3.8) is 0 Å². The molecule has 4 heteroatoms. The molecule has 0 amide bonds. The fraction of sp³-hybridized carbons (Fsp3) is 0.0769. The summed E-state index contributed by atoms with van der Waals surface area (Å²) in [5.74, 6) is -0.237. The van der Waals surface area contributed by atoms with Gasteiger partial charge in [0.15, 0.2) is 0 Å². The first-order valence-electron chi connectivity index (χ1n) is 4.92. The van der Waals surface area contributed by atoms with Gasteiger partial charge >= 0.3 is 0 Å². The van der Waals surface area contributed by atoms with Crippen molar-refractivity contribution in [2.75, 3.05) is 0 Å². The molecule has 0 saturated heterocycles. The maximum absolute atomic E-state index is 12.9. The van der Waals surface area contributed by atoms with Gasteiger partial charge in [-0.15, -0.1) is 0 Å². The molecule has 1 unspecified atom stereocenters. The van der Waals surface area contributed by atoms with Crippen molar-refractivity contribution >= 4 is 43.5 Å². The fourth-order valence-electron chi connectivity index (χ4n) is 1.52. The van der Waals surface area contributed by atoms with E-state index in [1.807, 2.05) is 18.2 Å². The van der Waals surface area contributed by atoms with E-state index in [0.717, 1.165) is 15.6 Å². The van der Waals surface area contributed by atoms with Crippen LogP contribution in [-0.4, -0.2) is 0 Å². The van der Waals surface area contributed by atoms with Gasteiger partial charge in [-0.3, -0.25) is 0 Å². The standard InChI is InChI=1S/C13H8Br2ClF/c14-12-6-3-9(16)7-11(12)13(15)8-1-4-10(17)5-2-8/h1-7,13H. The zero-order valence-corrected chi connectivity index (χ0v) is 12.6. The molecule has 0 aliphatic rings. The number of hydrogen-bond acceptors (Lipinski definition) is 0. The van der Waals surface area contributed by atoms with Crippen LogP contribution in [0.3, 0.4) is 0 Å². The Kier molecular flexibility index (Phi) is 4.23. The number of alkyl halides is 1. The molecule has 0 nitrogen and oxygen atoms in total. The van der Waals surface area contributed by atoms with Crippen LogP contribution in [0.1, 0.15) is 16.0 Å². The first-order chi connectivity index (χ1) is 8.08. The minimum atomic E-state index is -0.237. The molecule has 0 fully saturated rings. The molecular formula is C13H8Br2ClF. The molecule has 0 spiro atoms. The Hall–Kier alpha value is -0.380. The van der Waals surface area contributed by atoms with Crippen molar-refractivity contribution in [2.24, 2.45) is 0 Å². The summed E-state index contributed by atoms with van der Waals surface area (Å²) in [6.45, 7) is 0. The molecule has 0 aliphatic carbocycles. The summed E-state index contributed by atoms with van der Waals surface area (Å²) < 4.78 is 13.8. The molecule has 17 heavy (non-hydrogen) atoms. The van der Waals surface area contributed by atoms with E-state index < -0.39 is 0 Å². The number of benzene rings is 2. The van der Waals surface area contributed by atoms with Gasteiger partial charge in [-0.1, -0.05) is 55.6 Å². The predicted molar refractivity (Wildman–Crippen MR) is 76.3 cm³/mol. The zero-order valence-electron chi connectivity index (χ0n) is 8.63. The second-order valence-corrected chi connectivity index (χ2v) is 5.79. The molecule has 2 rings (SSSR count). The lowest BCUT2D eigenvalue weighted by atomic mass is 10.1. The summed E-state index contributed by atoms with van der Waals surface area (Å²) in [5.41, 5.74) is 2.00. The Morgan fingerprint density at radius 3 is 2.35 bits per heavy atom. The van der Waals surface area contributed by atoms with Crippen LogP contribution in [0, 0.1) is 5.82 Å². The van der Waals surface area contributed by atoms with Crippen LogP contribution in [0.15, 0.2) is 46.9 Å². The molecule has 88 valence electrons. The van der Waals surface area contributed by atoms with Crippen molar-refractivity contribution in [3.8, 4) is 0 Å². The minimum Gasteiger partial charge on any atom is -0.207 e. The number of rotatable bonds is 2. The van der Waals surface area contributed by atoms with E-state index in [9.17, 15) is 4.39 Å². The van der Waals surface area contributed by atoms with Crippen molar-refractivity contribution in [2.45, 2.75) is 4.83 Å². The monoisotopic (exact) mass is 376 g/mol. The van der Waals surface area contributed by atoms with Crippen molar-refractivity contribution < 1.29 is 4.39 Å². The average Bonchev–Trinajstić information content (AvgIpc) is 2.32. The van der Waals surface area contributed by atoms with E-state index in [1.165, 1.54) is 12.1 Å². The summed E-state index contributed by atoms with van der Waals surface area (Å²) in [6, 6.07) is 12.0. The topological polar surface area (TPSA) is 0 Å². The Bertz CT molecular complexity index is 525. The van der Waals surface area contributed by atoms with Gasteiger partial charge in [-0.25, -0.2) is 4.39 Å². The predicted octanol–water partition coefficient (Wildman–Crippen LogP) is 5.73. The first kappa shape index (κ1) is 13.1. The fourth-order valence-corrected chi connectivity index (χ4v) is 3.17. The van der Waals surface area contributed by atoms with Crippen LogP contribution >= 0.6 is 43.5 Å². The van der Waals surface area contributed by atoms with Crippen LogP contribution < -0.4 is 0 Å². The lowest BCUT2D eigenvalue weighted by Crippen LogP contribution is -1.94. The second kappa shape index (κ2) is 5.51. The average molecular weight is 378 g/mol. The van der Waals surface area contributed by atoms with Crippen molar-refractivity contribution in [1.82, 2.24) is 0 Å². The van der Waals surface area contributed by atoms with Gasteiger partial charge in [-0.2, -0.15) is 0 Å². The third kappa shape index (κ3) is 3.09. The summed E-state index contributed by atoms with van der Waals surface area (Å²) in [4.78, 5) is -0.0174. The Labute approximate surface area is 121 Å². The Morgan fingerprint density at radius 1 is 1.06 bits per heavy atom. The van der Waals surface area contributed by atoms with Gasteiger partial charge in [0.1, 0.15) is 5.82 Å². The summed E-state index contributed by atoms with van der Waals surface area (Å²) in [6.07, 6.45) is 0. The van der Waals surface area contributed by atoms with Crippen LogP contribution in [0.25, 0.3) is 0 Å². The molecular weight excluding hydrogens is 370 g/mol. The molecule has 0 aromatic heterocycles. The molecule has 2 aromatic carbocycles. The zero-order chi connectivity index (χ0) is 12.4. The minimum absolute atomic E-state index is 0.0174. The van der Waals surface area contributed by atoms with Crippen LogP contribution in [0.2, 0.25) is 5.02 Å². The third-order valence-electron chi connectivity index (χ3n) is 2.39. The van der Waals surface area contributed by atoms with E-state index in [0.29, 0.717) is 5.02 Å². The molecule has 0 saturated carbocycles. The Morgan fingerprint density at radius 2 is 1.71 bits per heavy atom. The maximum Gasteiger partial charge on any atom is 0.123 e. The van der Waals surface area contributed by atoms with Gasteiger partial charge in [0, 0.05) is 9.50 Å². The highest BCUT2D eigenvalue weighted by Gasteiger charge is 2.13. The van der Waals surface area contributed by atoms with Gasteiger partial charge < -0.3 is 0 Å². The molecule has 0 N–H and O–H groups in total. The Balaban J connectivity index is 2.39. The van der Waals surface area contributed by atoms with Gasteiger partial charge in [-0.05, 0) is 41.5 Å². The largest absolute Gasteiger partial charge is 0.207 e. The normalized spacial score (nSPS) is 12.5.